The van der Waals surface area contributed by atoms with Crippen LogP contribution >= 0.6 is 0 Å². The molecule has 1 aromatic carbocycles. The first-order valence-corrected chi connectivity index (χ1v) is 5.48. The molecule has 80 valence electrons. The van der Waals surface area contributed by atoms with Crippen molar-refractivity contribution in [2.24, 2.45) is 0 Å². The van der Waals surface area contributed by atoms with Gasteiger partial charge in [0, 0.05) is 0 Å². The molecular weight excluding hydrogens is 172 g/mol. The van der Waals surface area contributed by atoms with Crippen LogP contribution in [0.15, 0.2) is 30.3 Å². The maximum absolute atomic E-state index is 5.58. The van der Waals surface area contributed by atoms with Crippen LogP contribution < -0.4 is 0 Å². The Balaban J connectivity index is 0.000000791. The molecule has 0 aliphatic carbocycles. The minimum atomic E-state index is 0.366. The number of benzene rings is 1. The van der Waals surface area contributed by atoms with Crippen molar-refractivity contribution in [2.75, 3.05) is 0 Å². The lowest BCUT2D eigenvalue weighted by atomic mass is 10.2. The summed E-state index contributed by atoms with van der Waals surface area (Å²) in [5.74, 6) is 0. The molecule has 0 aromatic heterocycles. The van der Waals surface area contributed by atoms with Crippen molar-refractivity contribution in [1.29, 1.82) is 0 Å². The van der Waals surface area contributed by atoms with Crippen LogP contribution in [0.25, 0.3) is 0 Å². The fraction of sp³-hybridized carbons (Fsp3) is 0.538. The minimum absolute atomic E-state index is 0.366. The molecule has 0 spiro atoms. The molecular formula is C13H22O. The van der Waals surface area contributed by atoms with Gasteiger partial charge >= 0.3 is 0 Å². The van der Waals surface area contributed by atoms with E-state index in [0.29, 0.717) is 6.10 Å². The Morgan fingerprint density at radius 3 is 2.21 bits per heavy atom. The van der Waals surface area contributed by atoms with E-state index in [1.165, 1.54) is 5.56 Å². The molecule has 0 amide bonds. The second kappa shape index (κ2) is 8.76. The van der Waals surface area contributed by atoms with Crippen LogP contribution in [-0.4, -0.2) is 6.10 Å². The van der Waals surface area contributed by atoms with Gasteiger partial charge in [-0.15, -0.1) is 0 Å². The van der Waals surface area contributed by atoms with Crippen LogP contribution in [-0.2, 0) is 11.3 Å². The van der Waals surface area contributed by atoms with Crippen molar-refractivity contribution in [1.82, 2.24) is 0 Å². The van der Waals surface area contributed by atoms with E-state index < -0.39 is 0 Å². The van der Waals surface area contributed by atoms with Crippen LogP contribution in [0, 0.1) is 0 Å². The smallest absolute Gasteiger partial charge is 0.0720 e. The SMILES string of the molecule is CC.CCC(C)OCc1ccccc1. The maximum Gasteiger partial charge on any atom is 0.0720 e. The Morgan fingerprint density at radius 1 is 1.14 bits per heavy atom. The second-order valence-corrected chi connectivity index (χ2v) is 3.02. The third-order valence-electron chi connectivity index (χ3n) is 1.95. The molecule has 0 radical (unpaired) electrons. The first-order chi connectivity index (χ1) is 6.83. The molecule has 1 nitrogen and oxygen atoms in total. The van der Waals surface area contributed by atoms with Gasteiger partial charge in [0.15, 0.2) is 0 Å². The van der Waals surface area contributed by atoms with Gasteiger partial charge in [0.25, 0.3) is 0 Å². The van der Waals surface area contributed by atoms with Gasteiger partial charge < -0.3 is 4.74 Å². The molecule has 14 heavy (non-hydrogen) atoms. The predicted octanol–water partition coefficient (Wildman–Crippen LogP) is 4.03. The summed E-state index contributed by atoms with van der Waals surface area (Å²) in [7, 11) is 0. The molecule has 1 unspecified atom stereocenters. The Bertz CT molecular complexity index is 206. The van der Waals surface area contributed by atoms with Crippen molar-refractivity contribution >= 4 is 0 Å². The van der Waals surface area contributed by atoms with Crippen LogP contribution in [0.3, 0.4) is 0 Å². The quantitative estimate of drug-likeness (QED) is 0.703. The zero-order chi connectivity index (χ0) is 10.8. The summed E-state index contributed by atoms with van der Waals surface area (Å²) in [6, 6.07) is 10.3. The van der Waals surface area contributed by atoms with Crippen molar-refractivity contribution < 1.29 is 4.74 Å². The molecule has 0 saturated heterocycles. The van der Waals surface area contributed by atoms with Crippen LogP contribution in [0.5, 0.6) is 0 Å². The molecule has 1 aromatic rings. The van der Waals surface area contributed by atoms with Crippen molar-refractivity contribution in [2.45, 2.75) is 46.8 Å². The number of hydrogen-bond donors (Lipinski definition) is 0. The van der Waals surface area contributed by atoms with E-state index in [1.807, 2.05) is 32.0 Å². The summed E-state index contributed by atoms with van der Waals surface area (Å²) < 4.78 is 5.58. The van der Waals surface area contributed by atoms with E-state index in [4.69, 9.17) is 4.74 Å². The first kappa shape index (κ1) is 13.2. The third kappa shape index (κ3) is 5.76. The monoisotopic (exact) mass is 194 g/mol. The molecule has 0 N–H and O–H groups in total. The summed E-state index contributed by atoms with van der Waals surface area (Å²) >= 11 is 0. The minimum Gasteiger partial charge on any atom is -0.374 e. The lowest BCUT2D eigenvalue weighted by Gasteiger charge is -2.09. The van der Waals surface area contributed by atoms with Crippen molar-refractivity contribution in [3.63, 3.8) is 0 Å². The molecule has 0 aliphatic rings. The first-order valence-electron chi connectivity index (χ1n) is 5.48. The largest absolute Gasteiger partial charge is 0.374 e. The van der Waals surface area contributed by atoms with Crippen LogP contribution in [0.1, 0.15) is 39.7 Å². The maximum atomic E-state index is 5.58. The van der Waals surface area contributed by atoms with Gasteiger partial charge in [-0.25, -0.2) is 0 Å². The Kier molecular flexibility index (Phi) is 8.25. The highest BCUT2D eigenvalue weighted by atomic mass is 16.5. The standard InChI is InChI=1S/C11H16O.C2H6/c1-3-10(2)12-9-11-7-5-4-6-8-11;1-2/h4-8,10H,3,9H2,1-2H3;1-2H3. The highest BCUT2D eigenvalue weighted by Crippen LogP contribution is 2.04. The zero-order valence-corrected chi connectivity index (χ0v) is 9.79. The van der Waals surface area contributed by atoms with Gasteiger partial charge in [-0.1, -0.05) is 51.1 Å². The van der Waals surface area contributed by atoms with Gasteiger partial charge in [0.1, 0.15) is 0 Å². The van der Waals surface area contributed by atoms with E-state index in [-0.39, 0.29) is 0 Å². The second-order valence-electron chi connectivity index (χ2n) is 3.02. The highest BCUT2D eigenvalue weighted by Gasteiger charge is 1.97. The number of ether oxygens (including phenoxy) is 1. The summed E-state index contributed by atoms with van der Waals surface area (Å²) in [5, 5.41) is 0. The molecule has 1 rings (SSSR count). The molecule has 0 heterocycles. The van der Waals surface area contributed by atoms with Gasteiger partial charge in [-0.05, 0) is 18.9 Å². The van der Waals surface area contributed by atoms with Crippen molar-refractivity contribution in [3.8, 4) is 0 Å². The Labute approximate surface area is 88.1 Å². The van der Waals surface area contributed by atoms with E-state index in [9.17, 15) is 0 Å². The summed E-state index contributed by atoms with van der Waals surface area (Å²) in [6.07, 6.45) is 1.44. The zero-order valence-electron chi connectivity index (χ0n) is 9.79. The van der Waals surface area contributed by atoms with Crippen LogP contribution in [0.4, 0.5) is 0 Å². The fourth-order valence-electron chi connectivity index (χ4n) is 0.931. The van der Waals surface area contributed by atoms with Gasteiger partial charge in [-0.2, -0.15) is 0 Å². The molecule has 0 fully saturated rings. The number of rotatable bonds is 4. The topological polar surface area (TPSA) is 9.23 Å². The van der Waals surface area contributed by atoms with Gasteiger partial charge in [0.2, 0.25) is 0 Å². The van der Waals surface area contributed by atoms with Crippen molar-refractivity contribution in [3.05, 3.63) is 35.9 Å². The summed E-state index contributed by atoms with van der Waals surface area (Å²) in [4.78, 5) is 0. The molecule has 1 atom stereocenters. The highest BCUT2D eigenvalue weighted by molar-refractivity contribution is 5.13. The summed E-state index contributed by atoms with van der Waals surface area (Å²) in [5.41, 5.74) is 1.25. The van der Waals surface area contributed by atoms with Crippen LogP contribution in [0.2, 0.25) is 0 Å². The third-order valence-corrected chi connectivity index (χ3v) is 1.95. The normalized spacial score (nSPS) is 11.4. The lowest BCUT2D eigenvalue weighted by molar-refractivity contribution is 0.0508. The molecule has 0 saturated carbocycles. The lowest BCUT2D eigenvalue weighted by Crippen LogP contribution is -2.05. The van der Waals surface area contributed by atoms with E-state index >= 15 is 0 Å². The molecule has 1 heteroatoms. The molecule has 0 bridgehead atoms. The average molecular weight is 194 g/mol. The predicted molar refractivity (Wildman–Crippen MR) is 62.3 cm³/mol. The summed E-state index contributed by atoms with van der Waals surface area (Å²) in [6.45, 7) is 8.97. The van der Waals surface area contributed by atoms with Gasteiger partial charge in [-0.3, -0.25) is 0 Å². The van der Waals surface area contributed by atoms with Gasteiger partial charge in [0.05, 0.1) is 12.7 Å². The van der Waals surface area contributed by atoms with E-state index in [0.717, 1.165) is 13.0 Å². The van der Waals surface area contributed by atoms with E-state index in [2.05, 4.69) is 26.0 Å². The van der Waals surface area contributed by atoms with E-state index in [1.54, 1.807) is 0 Å². The Hall–Kier alpha value is -0.820. The number of hydrogen-bond acceptors (Lipinski definition) is 1. The Morgan fingerprint density at radius 2 is 1.71 bits per heavy atom. The molecule has 0 aliphatic heterocycles. The fourth-order valence-corrected chi connectivity index (χ4v) is 0.931. The average Bonchev–Trinajstić information content (AvgIpc) is 2.30.